The molecule has 0 saturated carbocycles. The Hall–Kier alpha value is -3.17. The molecule has 0 aromatic heterocycles. The van der Waals surface area contributed by atoms with Gasteiger partial charge in [0, 0.05) is 17.4 Å². The summed E-state index contributed by atoms with van der Waals surface area (Å²) in [5.74, 6) is -1.01. The second kappa shape index (κ2) is 11.3. The van der Waals surface area contributed by atoms with Gasteiger partial charge in [-0.3, -0.25) is 9.69 Å². The van der Waals surface area contributed by atoms with Crippen molar-refractivity contribution >= 4 is 5.97 Å². The number of esters is 1. The SMILES string of the molecule is COc1cc(C2c3cc4c(cc3[C@@H](OC3OC5COC(C)OC5C(O)C3N(C)C)[C@H]3COC(=O)[C@H]23)OCO4)cc(CO)c1O. The van der Waals surface area contributed by atoms with Gasteiger partial charge in [-0.1, -0.05) is 0 Å². The Morgan fingerprint density at radius 2 is 1.77 bits per heavy atom. The Morgan fingerprint density at radius 1 is 1.02 bits per heavy atom. The van der Waals surface area contributed by atoms with Crippen molar-refractivity contribution in [2.24, 2.45) is 11.8 Å². The average molecular weight is 616 g/mol. The fourth-order valence-electron chi connectivity index (χ4n) is 7.34. The maximum atomic E-state index is 13.5. The molecule has 0 bridgehead atoms. The van der Waals surface area contributed by atoms with Crippen LogP contribution in [0.3, 0.4) is 0 Å². The molecular formula is C31H37NO12. The van der Waals surface area contributed by atoms with Crippen LogP contribution in [0.5, 0.6) is 23.0 Å². The summed E-state index contributed by atoms with van der Waals surface area (Å²) < 4.78 is 47.4. The molecule has 3 fully saturated rings. The number of aliphatic hydroxyl groups is 2. The number of hydrogen-bond acceptors (Lipinski definition) is 13. The number of cyclic esters (lactones) is 1. The molecule has 238 valence electrons. The minimum Gasteiger partial charge on any atom is -0.504 e. The van der Waals surface area contributed by atoms with Gasteiger partial charge >= 0.3 is 5.97 Å². The first kappa shape index (κ1) is 29.5. The zero-order valence-electron chi connectivity index (χ0n) is 24.9. The summed E-state index contributed by atoms with van der Waals surface area (Å²) >= 11 is 0. The standard InChI is InChI=1S/C31H37NO12/c1-13-38-11-22-29(42-13)27(35)25(32(2)3)31(43-22)44-28-17-8-20-19(40-12-41-20)7-16(17)23(24-18(28)10-39-30(24)36)14-5-15(9-33)26(34)21(6-14)37-4/h5-8,13,18,22-25,27-29,31,33-35H,9-12H2,1-4H3/t13?,18-,22?,23?,24-,25?,27?,28+,29?,31?/m0/s1. The maximum absolute atomic E-state index is 13.5. The minimum atomic E-state index is -0.939. The highest BCUT2D eigenvalue weighted by molar-refractivity contribution is 5.79. The van der Waals surface area contributed by atoms with Gasteiger partial charge in [0.25, 0.3) is 0 Å². The third kappa shape index (κ3) is 4.69. The lowest BCUT2D eigenvalue weighted by molar-refractivity contribution is -0.354. The lowest BCUT2D eigenvalue weighted by Gasteiger charge is -2.50. The van der Waals surface area contributed by atoms with Crippen molar-refractivity contribution in [3.63, 3.8) is 0 Å². The number of benzene rings is 2. The zero-order chi connectivity index (χ0) is 30.9. The second-order valence-electron chi connectivity index (χ2n) is 12.1. The van der Waals surface area contributed by atoms with Crippen LogP contribution in [0, 0.1) is 11.8 Å². The fourth-order valence-corrected chi connectivity index (χ4v) is 7.34. The highest BCUT2D eigenvalue weighted by atomic mass is 16.7. The summed E-state index contributed by atoms with van der Waals surface area (Å²) in [7, 11) is 5.10. The van der Waals surface area contributed by atoms with E-state index in [0.29, 0.717) is 17.1 Å². The number of aliphatic hydroxyl groups excluding tert-OH is 2. The lowest BCUT2D eigenvalue weighted by atomic mass is 9.66. The third-order valence-corrected chi connectivity index (χ3v) is 9.41. The molecule has 5 aliphatic rings. The molecule has 10 atom stereocenters. The topological polar surface area (TPSA) is 155 Å². The van der Waals surface area contributed by atoms with E-state index in [1.165, 1.54) is 7.11 Å². The van der Waals surface area contributed by atoms with Gasteiger partial charge < -0.3 is 53.2 Å². The van der Waals surface area contributed by atoms with Crippen molar-refractivity contribution < 1.29 is 58.0 Å². The first-order valence-corrected chi connectivity index (χ1v) is 14.7. The summed E-state index contributed by atoms with van der Waals surface area (Å²) in [6, 6.07) is 6.46. The number of carbonyl (C=O) groups excluding carboxylic acids is 1. The average Bonchev–Trinajstić information content (AvgIpc) is 3.63. The van der Waals surface area contributed by atoms with E-state index in [1.807, 2.05) is 31.1 Å². The van der Waals surface area contributed by atoms with Gasteiger partial charge in [0.2, 0.25) is 6.79 Å². The van der Waals surface area contributed by atoms with E-state index in [2.05, 4.69) is 0 Å². The lowest BCUT2D eigenvalue weighted by Crippen LogP contribution is -2.66. The number of aromatic hydroxyl groups is 1. The molecule has 3 N–H and O–H groups in total. The van der Waals surface area contributed by atoms with Crippen LogP contribution in [-0.4, -0.2) is 104 Å². The van der Waals surface area contributed by atoms with Crippen LogP contribution in [0.15, 0.2) is 24.3 Å². The van der Waals surface area contributed by atoms with Crippen molar-refractivity contribution in [3.05, 3.63) is 46.5 Å². The van der Waals surface area contributed by atoms with Gasteiger partial charge in [-0.2, -0.15) is 0 Å². The Labute approximate surface area is 254 Å². The molecule has 4 aliphatic heterocycles. The second-order valence-corrected chi connectivity index (χ2v) is 12.1. The molecule has 7 rings (SSSR count). The Morgan fingerprint density at radius 3 is 2.48 bits per heavy atom. The fraction of sp³-hybridized carbons (Fsp3) is 0.581. The van der Waals surface area contributed by atoms with Gasteiger partial charge in [0.05, 0.1) is 45.0 Å². The Kier molecular flexibility index (Phi) is 7.60. The predicted octanol–water partition coefficient (Wildman–Crippen LogP) is 1.39. The molecule has 2 aromatic carbocycles. The number of phenols is 1. The van der Waals surface area contributed by atoms with E-state index in [4.69, 9.17) is 37.9 Å². The number of likely N-dealkylation sites (N-methyl/N-ethyl adjacent to an activating group) is 1. The number of carbonyl (C=O) groups is 1. The van der Waals surface area contributed by atoms with Crippen LogP contribution in [0.2, 0.25) is 0 Å². The molecule has 7 unspecified atom stereocenters. The quantitative estimate of drug-likeness (QED) is 0.402. The summed E-state index contributed by atoms with van der Waals surface area (Å²) in [5.41, 5.74) is 2.41. The smallest absolute Gasteiger partial charge is 0.310 e. The molecular weight excluding hydrogens is 578 g/mol. The van der Waals surface area contributed by atoms with Crippen LogP contribution in [0.25, 0.3) is 0 Å². The normalized spacial score (nSPS) is 35.6. The summed E-state index contributed by atoms with van der Waals surface area (Å²) in [6.45, 7) is 1.73. The first-order valence-electron chi connectivity index (χ1n) is 14.7. The number of fused-ring (bicyclic) bond motifs is 4. The molecule has 3 saturated heterocycles. The van der Waals surface area contributed by atoms with E-state index in [9.17, 15) is 20.1 Å². The van der Waals surface area contributed by atoms with E-state index in [-0.39, 0.29) is 37.1 Å². The Bertz CT molecular complexity index is 1410. The predicted molar refractivity (Wildman–Crippen MR) is 149 cm³/mol. The molecule has 0 radical (unpaired) electrons. The zero-order valence-corrected chi connectivity index (χ0v) is 24.9. The van der Waals surface area contributed by atoms with E-state index in [0.717, 1.165) is 11.1 Å². The van der Waals surface area contributed by atoms with Crippen molar-refractivity contribution in [2.75, 3.05) is 41.2 Å². The number of nitrogens with zero attached hydrogens (tertiary/aromatic N) is 1. The summed E-state index contributed by atoms with van der Waals surface area (Å²) in [5, 5.41) is 32.1. The number of rotatable bonds is 6. The van der Waals surface area contributed by atoms with E-state index >= 15 is 0 Å². The summed E-state index contributed by atoms with van der Waals surface area (Å²) in [4.78, 5) is 15.4. The number of ether oxygens (including phenoxy) is 8. The van der Waals surface area contributed by atoms with Crippen molar-refractivity contribution in [1.29, 1.82) is 0 Å². The molecule has 44 heavy (non-hydrogen) atoms. The van der Waals surface area contributed by atoms with Crippen LogP contribution >= 0.6 is 0 Å². The van der Waals surface area contributed by atoms with E-state index < -0.39 is 73.4 Å². The molecule has 1 aliphatic carbocycles. The van der Waals surface area contributed by atoms with Crippen molar-refractivity contribution in [3.8, 4) is 23.0 Å². The maximum Gasteiger partial charge on any atom is 0.310 e. The van der Waals surface area contributed by atoms with Gasteiger partial charge in [-0.25, -0.2) is 0 Å². The molecule has 4 heterocycles. The van der Waals surface area contributed by atoms with E-state index in [1.54, 1.807) is 19.1 Å². The van der Waals surface area contributed by atoms with Crippen LogP contribution in [0.1, 0.15) is 41.2 Å². The Balaban J connectivity index is 1.33. The molecule has 13 nitrogen and oxygen atoms in total. The van der Waals surface area contributed by atoms with Crippen molar-refractivity contribution in [2.45, 2.75) is 62.5 Å². The van der Waals surface area contributed by atoms with Crippen LogP contribution in [-0.2, 0) is 35.1 Å². The highest BCUT2D eigenvalue weighted by Gasteiger charge is 2.56. The molecule has 0 spiro atoms. The van der Waals surface area contributed by atoms with Gasteiger partial charge in [0.15, 0.2) is 35.6 Å². The van der Waals surface area contributed by atoms with Crippen LogP contribution in [0.4, 0.5) is 0 Å². The minimum absolute atomic E-state index is 0.0487. The van der Waals surface area contributed by atoms with Gasteiger partial charge in [-0.05, 0) is 62.0 Å². The molecule has 13 heteroatoms. The largest absolute Gasteiger partial charge is 0.504 e. The van der Waals surface area contributed by atoms with Crippen molar-refractivity contribution in [1.82, 2.24) is 4.90 Å². The molecule has 2 aromatic rings. The summed E-state index contributed by atoms with van der Waals surface area (Å²) in [6.07, 6.45) is -4.18. The number of methoxy groups -OCH3 is 1. The number of hydrogen-bond donors (Lipinski definition) is 3. The van der Waals surface area contributed by atoms with Gasteiger partial charge in [-0.15, -0.1) is 0 Å². The monoisotopic (exact) mass is 615 g/mol. The highest BCUT2D eigenvalue weighted by Crippen LogP contribution is 2.56. The molecule has 0 amide bonds. The first-order chi connectivity index (χ1) is 21.2. The van der Waals surface area contributed by atoms with Gasteiger partial charge in [0.1, 0.15) is 18.3 Å². The third-order valence-electron chi connectivity index (χ3n) is 9.41. The van der Waals surface area contributed by atoms with Crippen LogP contribution < -0.4 is 14.2 Å².